The summed E-state index contributed by atoms with van der Waals surface area (Å²) in [6, 6.07) is 3.16. The van der Waals surface area contributed by atoms with Crippen molar-refractivity contribution in [3.05, 3.63) is 69.7 Å². The second-order valence-corrected chi connectivity index (χ2v) is 6.94. The first-order valence-corrected chi connectivity index (χ1v) is 8.07. The first kappa shape index (κ1) is 14.3. The molecule has 0 spiro atoms. The first-order chi connectivity index (χ1) is 11.9. The molecule has 0 radical (unpaired) electrons. The number of hydrogen-bond donors (Lipinski definition) is 0. The average Bonchev–Trinajstić information content (AvgIpc) is 3.06. The summed E-state index contributed by atoms with van der Waals surface area (Å²) in [5.74, 6) is -0.756. The molecule has 1 heterocycles. The van der Waals surface area contributed by atoms with Crippen LogP contribution in [-0.4, -0.2) is 23.1 Å². The molecule has 0 saturated carbocycles. The minimum atomic E-state index is -0.589. The average molecular weight is 332 g/mol. The second-order valence-electron chi connectivity index (χ2n) is 6.94. The maximum atomic E-state index is 12.9. The maximum Gasteiger partial charge on any atom is 0.228 e. The lowest BCUT2D eigenvalue weighted by Gasteiger charge is -2.38. The molecular formula is C20H12O5. The van der Waals surface area contributed by atoms with E-state index in [1.54, 1.807) is 6.07 Å². The maximum absolute atomic E-state index is 12.9. The van der Waals surface area contributed by atoms with E-state index in [2.05, 4.69) is 0 Å². The number of hydrogen-bond acceptors (Lipinski definition) is 5. The lowest BCUT2D eigenvalue weighted by Crippen LogP contribution is -2.37. The second kappa shape index (κ2) is 4.30. The highest BCUT2D eigenvalue weighted by atomic mass is 16.3. The molecule has 5 nitrogen and oxygen atoms in total. The van der Waals surface area contributed by atoms with Gasteiger partial charge in [0.15, 0.2) is 23.1 Å². The van der Waals surface area contributed by atoms with Crippen molar-refractivity contribution in [2.75, 3.05) is 0 Å². The molecule has 1 unspecified atom stereocenters. The molecule has 1 aromatic heterocycles. The molecule has 5 rings (SSSR count). The number of allylic oxidation sites excluding steroid dienone is 2. The van der Waals surface area contributed by atoms with E-state index < -0.39 is 5.41 Å². The van der Waals surface area contributed by atoms with Crippen LogP contribution in [-0.2, 0) is 5.41 Å². The van der Waals surface area contributed by atoms with Crippen molar-refractivity contribution < 1.29 is 23.6 Å². The van der Waals surface area contributed by atoms with E-state index in [0.717, 1.165) is 0 Å². The summed E-state index contributed by atoms with van der Waals surface area (Å²) in [7, 11) is 0. The van der Waals surface area contributed by atoms with Crippen molar-refractivity contribution >= 4 is 23.1 Å². The molecule has 0 fully saturated rings. The molecule has 3 aliphatic rings. The Morgan fingerprint density at radius 3 is 2.32 bits per heavy atom. The van der Waals surface area contributed by atoms with Gasteiger partial charge in [0.25, 0.3) is 0 Å². The zero-order valence-electron chi connectivity index (χ0n) is 13.3. The van der Waals surface area contributed by atoms with Gasteiger partial charge in [0.1, 0.15) is 6.26 Å². The Morgan fingerprint density at radius 2 is 1.60 bits per heavy atom. The van der Waals surface area contributed by atoms with Gasteiger partial charge in [-0.15, -0.1) is 0 Å². The number of carbonyl (C=O) groups is 4. The standard InChI is InChI=1S/C20H12O5/c1-20-5-4-16(23)12-8-25-19(17(12)20)18(24)11-6-9-10(7-13(11)20)15(22)3-2-14(9)21/h2-3,6-8H,4-5H2,1H3. The molecule has 1 aromatic carbocycles. The van der Waals surface area contributed by atoms with Gasteiger partial charge in [0.05, 0.1) is 5.56 Å². The van der Waals surface area contributed by atoms with Crippen molar-refractivity contribution in [3.63, 3.8) is 0 Å². The van der Waals surface area contributed by atoms with Crippen LogP contribution < -0.4 is 0 Å². The van der Waals surface area contributed by atoms with Crippen LogP contribution in [0.4, 0.5) is 0 Å². The molecular weight excluding hydrogens is 320 g/mol. The Hall–Kier alpha value is -3.08. The first-order valence-electron chi connectivity index (χ1n) is 8.07. The highest BCUT2D eigenvalue weighted by molar-refractivity contribution is 6.24. The fraction of sp³-hybridized carbons (Fsp3) is 0.200. The Bertz CT molecular complexity index is 1080. The summed E-state index contributed by atoms with van der Waals surface area (Å²) in [5.41, 5.74) is 2.09. The van der Waals surface area contributed by atoms with Crippen LogP contribution in [0.5, 0.6) is 0 Å². The van der Waals surface area contributed by atoms with Crippen molar-refractivity contribution in [2.45, 2.75) is 25.2 Å². The van der Waals surface area contributed by atoms with Gasteiger partial charge >= 0.3 is 0 Å². The molecule has 0 amide bonds. The van der Waals surface area contributed by atoms with Crippen LogP contribution in [0.2, 0.25) is 0 Å². The van der Waals surface area contributed by atoms with E-state index in [1.165, 1.54) is 24.5 Å². The van der Waals surface area contributed by atoms with Crippen molar-refractivity contribution in [2.24, 2.45) is 0 Å². The van der Waals surface area contributed by atoms with E-state index in [1.807, 2.05) is 6.92 Å². The predicted molar refractivity (Wildman–Crippen MR) is 86.4 cm³/mol. The third kappa shape index (κ3) is 1.58. The highest BCUT2D eigenvalue weighted by Crippen LogP contribution is 2.50. The van der Waals surface area contributed by atoms with Crippen LogP contribution in [0, 0.1) is 0 Å². The van der Waals surface area contributed by atoms with E-state index in [0.29, 0.717) is 40.7 Å². The number of Topliss-reactive ketones (excluding diaryl/α,β-unsaturated/α-hetero) is 1. The van der Waals surface area contributed by atoms with E-state index in [4.69, 9.17) is 4.42 Å². The lowest BCUT2D eigenvalue weighted by molar-refractivity contribution is 0.0956. The molecule has 25 heavy (non-hydrogen) atoms. The zero-order chi connectivity index (χ0) is 17.5. The SMILES string of the molecule is CC12CCC(=O)c3coc(c31)C(=O)c1cc3c(cc12)C(=O)C=CC3=O. The van der Waals surface area contributed by atoms with Gasteiger partial charge in [-0.1, -0.05) is 6.92 Å². The van der Waals surface area contributed by atoms with Crippen LogP contribution >= 0.6 is 0 Å². The third-order valence-electron chi connectivity index (χ3n) is 5.62. The molecule has 0 saturated heterocycles. The summed E-state index contributed by atoms with van der Waals surface area (Å²) in [6.45, 7) is 1.96. The summed E-state index contributed by atoms with van der Waals surface area (Å²) in [5, 5.41) is 0. The molecule has 3 aliphatic carbocycles. The summed E-state index contributed by atoms with van der Waals surface area (Å²) in [4.78, 5) is 49.5. The number of fused-ring (bicyclic) bond motifs is 3. The van der Waals surface area contributed by atoms with E-state index >= 15 is 0 Å². The summed E-state index contributed by atoms with van der Waals surface area (Å²) in [6.07, 6.45) is 4.71. The predicted octanol–water partition coefficient (Wildman–Crippen LogP) is 3.04. The number of furan rings is 1. The van der Waals surface area contributed by atoms with E-state index in [9.17, 15) is 19.2 Å². The minimum Gasteiger partial charge on any atom is -0.460 e. The van der Waals surface area contributed by atoms with Gasteiger partial charge in [0, 0.05) is 34.1 Å². The number of ketones is 4. The fourth-order valence-electron chi connectivity index (χ4n) is 4.28. The van der Waals surface area contributed by atoms with Crippen LogP contribution in [0.25, 0.3) is 0 Å². The minimum absolute atomic E-state index is 0.0362. The monoisotopic (exact) mass is 332 g/mol. The Kier molecular flexibility index (Phi) is 2.46. The lowest BCUT2D eigenvalue weighted by atomic mass is 9.62. The highest BCUT2D eigenvalue weighted by Gasteiger charge is 2.48. The van der Waals surface area contributed by atoms with Gasteiger partial charge in [-0.2, -0.15) is 0 Å². The summed E-state index contributed by atoms with van der Waals surface area (Å²) >= 11 is 0. The third-order valence-corrected chi connectivity index (χ3v) is 5.62. The molecule has 0 bridgehead atoms. The van der Waals surface area contributed by atoms with Gasteiger partial charge in [-0.3, -0.25) is 19.2 Å². The molecule has 0 N–H and O–H groups in total. The Labute approximate surface area is 142 Å². The van der Waals surface area contributed by atoms with Crippen LogP contribution in [0.15, 0.2) is 35.0 Å². The van der Waals surface area contributed by atoms with E-state index in [-0.39, 0.29) is 34.5 Å². The number of rotatable bonds is 0. The van der Waals surface area contributed by atoms with Gasteiger partial charge in [-0.25, -0.2) is 0 Å². The largest absolute Gasteiger partial charge is 0.460 e. The van der Waals surface area contributed by atoms with Crippen molar-refractivity contribution in [3.8, 4) is 0 Å². The molecule has 2 aromatic rings. The Balaban J connectivity index is 1.86. The topological polar surface area (TPSA) is 81.4 Å². The zero-order valence-corrected chi connectivity index (χ0v) is 13.3. The summed E-state index contributed by atoms with van der Waals surface area (Å²) < 4.78 is 5.45. The van der Waals surface area contributed by atoms with Crippen LogP contribution in [0.3, 0.4) is 0 Å². The number of benzene rings is 1. The van der Waals surface area contributed by atoms with Crippen molar-refractivity contribution in [1.29, 1.82) is 0 Å². The fourth-order valence-corrected chi connectivity index (χ4v) is 4.28. The van der Waals surface area contributed by atoms with Gasteiger partial charge in [-0.05, 0) is 36.3 Å². The normalized spacial score (nSPS) is 23.4. The van der Waals surface area contributed by atoms with Crippen LogP contribution in [0.1, 0.15) is 78.1 Å². The smallest absolute Gasteiger partial charge is 0.228 e. The molecule has 5 heteroatoms. The Morgan fingerprint density at radius 1 is 0.920 bits per heavy atom. The molecule has 1 atom stereocenters. The van der Waals surface area contributed by atoms with Gasteiger partial charge < -0.3 is 4.42 Å². The quantitative estimate of drug-likeness (QED) is 0.740. The van der Waals surface area contributed by atoms with Crippen molar-refractivity contribution in [1.82, 2.24) is 0 Å². The van der Waals surface area contributed by atoms with Gasteiger partial charge in [0.2, 0.25) is 5.78 Å². The molecule has 122 valence electrons. The molecule has 0 aliphatic heterocycles. The number of carbonyl (C=O) groups excluding carboxylic acids is 4.